The van der Waals surface area contributed by atoms with Crippen molar-refractivity contribution in [2.24, 2.45) is 0 Å². The normalized spacial score (nSPS) is 15.6. The maximum Gasteiger partial charge on any atom is 1.00 e. The van der Waals surface area contributed by atoms with E-state index in [1.54, 1.807) is 9.47 Å². The molecule has 7 nitrogen and oxygen atoms in total. The molecular formula is C8H2F16LiNO6S2. The van der Waals surface area contributed by atoms with Crippen LogP contribution in [0.3, 0.4) is 0 Å². The molecule has 26 heteroatoms. The largest absolute Gasteiger partial charge is 1.00 e. The zero-order valence-electron chi connectivity index (χ0n) is 14.9. The van der Waals surface area contributed by atoms with E-state index in [0.29, 0.717) is 0 Å². The molecule has 0 aromatic heterocycles. The van der Waals surface area contributed by atoms with Crippen molar-refractivity contribution < 1.29 is 115 Å². The standard InChI is InChI=1S/C8H2F16NO6S2.Li/c9-1(10)3(13,14)30-5(17,18)7(21,22)32(26,27)25-33(28,29)8(23,24)6(19,20)31-4(15,16)2(11)12;/h1-2H;/q-1;+1. The van der Waals surface area contributed by atoms with Gasteiger partial charge in [-0.05, 0) is 0 Å². The van der Waals surface area contributed by atoms with Gasteiger partial charge < -0.3 is 4.13 Å². The topological polar surface area (TPSA) is 101 Å². The Bertz CT molecular complexity index is 848. The summed E-state index contributed by atoms with van der Waals surface area (Å²) in [5.41, 5.74) is 0. The molecule has 0 saturated carbocycles. The maximum absolute atomic E-state index is 13.3. The second-order valence-corrected chi connectivity index (χ2v) is 8.54. The quantitative estimate of drug-likeness (QED) is 0.253. The molecule has 0 aliphatic heterocycles. The first-order valence-corrected chi connectivity index (χ1v) is 9.35. The molecule has 0 rings (SSSR count). The molecule has 0 amide bonds. The van der Waals surface area contributed by atoms with Gasteiger partial charge in [0, 0.05) is 0 Å². The summed E-state index contributed by atoms with van der Waals surface area (Å²) >= 11 is 0. The van der Waals surface area contributed by atoms with Crippen molar-refractivity contribution in [1.82, 2.24) is 0 Å². The molecule has 0 unspecified atom stereocenters. The van der Waals surface area contributed by atoms with Crippen LogP contribution in [-0.2, 0) is 29.5 Å². The van der Waals surface area contributed by atoms with Crippen molar-refractivity contribution in [1.29, 1.82) is 0 Å². The fourth-order valence-corrected chi connectivity index (χ4v) is 3.54. The van der Waals surface area contributed by atoms with Crippen LogP contribution in [0, 0.1) is 0 Å². The minimum absolute atomic E-state index is 0. The molecule has 0 bridgehead atoms. The smallest absolute Gasteiger partial charge is 0.425 e. The summed E-state index contributed by atoms with van der Waals surface area (Å²) in [7, 11) is -16.7. The fourth-order valence-electron chi connectivity index (χ4n) is 1.07. The van der Waals surface area contributed by atoms with Crippen molar-refractivity contribution in [3.8, 4) is 0 Å². The zero-order valence-corrected chi connectivity index (χ0v) is 16.5. The molecule has 0 fully saturated rings. The predicted molar refractivity (Wildman–Crippen MR) is 65.1 cm³/mol. The number of halogens is 16. The van der Waals surface area contributed by atoms with E-state index < -0.39 is 67.8 Å². The number of nitrogens with zero attached hydrogens (tertiary/aromatic N) is 1. The van der Waals surface area contributed by atoms with Gasteiger partial charge in [0.15, 0.2) is 20.0 Å². The minimum atomic E-state index is -8.33. The molecule has 0 spiro atoms. The predicted octanol–water partition coefficient (Wildman–Crippen LogP) is 1.14. The Labute approximate surface area is 188 Å². The summed E-state index contributed by atoms with van der Waals surface area (Å²) in [6, 6.07) is 0. The van der Waals surface area contributed by atoms with Gasteiger partial charge in [-0.25, -0.2) is 43.9 Å². The third-order valence-electron chi connectivity index (χ3n) is 2.56. The summed E-state index contributed by atoms with van der Waals surface area (Å²) in [6.45, 7) is 0. The minimum Gasteiger partial charge on any atom is -0.425 e. The van der Waals surface area contributed by atoms with Crippen LogP contribution in [0.1, 0.15) is 0 Å². The van der Waals surface area contributed by atoms with Crippen LogP contribution in [-0.4, -0.2) is 64.6 Å². The van der Waals surface area contributed by atoms with Gasteiger partial charge in [0.2, 0.25) is 0 Å². The number of ether oxygens (including phenoxy) is 2. The average molecular weight is 583 g/mol. The van der Waals surface area contributed by atoms with Gasteiger partial charge >= 0.3 is 66.7 Å². The number of hydrogen-bond acceptors (Lipinski definition) is 6. The number of rotatable bonds is 12. The SMILES string of the molecule is O=S(=O)([N-]S(=O)(=O)C(F)(F)C(F)(F)OC(F)(F)C(F)F)C(F)(F)C(F)(F)OC(F)(F)C(F)F.[Li+]. The molecule has 0 aliphatic rings. The van der Waals surface area contributed by atoms with Gasteiger partial charge in [-0.3, -0.25) is 0 Å². The van der Waals surface area contributed by atoms with E-state index in [-0.39, 0.29) is 23.0 Å². The molecular weight excluding hydrogens is 581 g/mol. The molecule has 0 radical (unpaired) electrons. The average Bonchev–Trinajstić information content (AvgIpc) is 2.50. The van der Waals surface area contributed by atoms with Gasteiger partial charge in [0.05, 0.1) is 0 Å². The van der Waals surface area contributed by atoms with Crippen LogP contribution >= 0.6 is 0 Å². The summed E-state index contributed by atoms with van der Waals surface area (Å²) < 4.78 is 249. The van der Waals surface area contributed by atoms with Crippen molar-refractivity contribution >= 4 is 20.0 Å². The van der Waals surface area contributed by atoms with Crippen LogP contribution in [0.15, 0.2) is 0 Å². The second-order valence-electron chi connectivity index (χ2n) is 5.02. The monoisotopic (exact) mass is 583 g/mol. The summed E-state index contributed by atoms with van der Waals surface area (Å²) in [4.78, 5) is 0. The molecule has 0 atom stereocenters. The second kappa shape index (κ2) is 9.96. The van der Waals surface area contributed by atoms with E-state index >= 15 is 0 Å². The fraction of sp³-hybridized carbons (Fsp3) is 1.00. The third-order valence-corrected chi connectivity index (χ3v) is 5.90. The number of alkyl halides is 16. The summed E-state index contributed by atoms with van der Waals surface area (Å²) in [5, 5.41) is -15.2. The Hall–Kier alpha value is -0.743. The first-order chi connectivity index (χ1) is 14.0. The Morgan fingerprint density at radius 1 is 0.529 bits per heavy atom. The van der Waals surface area contributed by atoms with E-state index in [1.807, 2.05) is 0 Å². The third kappa shape index (κ3) is 6.72. The van der Waals surface area contributed by atoms with Crippen LogP contribution < -0.4 is 18.9 Å². The van der Waals surface area contributed by atoms with Crippen LogP contribution in [0.5, 0.6) is 0 Å². The summed E-state index contributed by atoms with van der Waals surface area (Å²) in [5.74, 6) is 0. The first-order valence-electron chi connectivity index (χ1n) is 6.47. The Balaban J connectivity index is 0. The van der Waals surface area contributed by atoms with E-state index in [0.717, 1.165) is 0 Å². The molecule has 200 valence electrons. The molecule has 0 aliphatic carbocycles. The molecule has 0 heterocycles. The van der Waals surface area contributed by atoms with Crippen LogP contribution in [0.25, 0.3) is 4.13 Å². The Kier molecular flexibility index (Phi) is 10.4. The zero-order chi connectivity index (χ0) is 27.3. The van der Waals surface area contributed by atoms with E-state index in [9.17, 15) is 87.1 Å². The molecule has 0 N–H and O–H groups in total. The molecule has 0 aromatic rings. The van der Waals surface area contributed by atoms with E-state index in [4.69, 9.17) is 0 Å². The Morgan fingerprint density at radius 2 is 0.735 bits per heavy atom. The van der Waals surface area contributed by atoms with Gasteiger partial charge in [-0.15, -0.1) is 0 Å². The first kappa shape index (κ1) is 35.4. The molecule has 34 heavy (non-hydrogen) atoms. The van der Waals surface area contributed by atoms with Gasteiger partial charge in [0.25, 0.3) is 0 Å². The molecule has 0 aromatic carbocycles. The van der Waals surface area contributed by atoms with Crippen molar-refractivity contribution in [2.45, 2.75) is 47.8 Å². The van der Waals surface area contributed by atoms with Gasteiger partial charge in [-0.1, -0.05) is 0 Å². The summed E-state index contributed by atoms with van der Waals surface area (Å²) in [6.07, 6.45) is -38.9. The van der Waals surface area contributed by atoms with Crippen LogP contribution in [0.2, 0.25) is 0 Å². The number of sulfonamides is 2. The van der Waals surface area contributed by atoms with Gasteiger partial charge in [0.1, 0.15) is 0 Å². The maximum atomic E-state index is 13.3. The van der Waals surface area contributed by atoms with Crippen LogP contribution in [0.4, 0.5) is 70.2 Å². The van der Waals surface area contributed by atoms with Crippen molar-refractivity contribution in [3.05, 3.63) is 4.13 Å². The van der Waals surface area contributed by atoms with Gasteiger partial charge in [-0.2, -0.15) is 52.7 Å². The Morgan fingerprint density at radius 3 is 0.912 bits per heavy atom. The van der Waals surface area contributed by atoms with Crippen molar-refractivity contribution in [3.63, 3.8) is 0 Å². The van der Waals surface area contributed by atoms with E-state index in [1.165, 1.54) is 0 Å². The molecule has 0 saturated heterocycles. The van der Waals surface area contributed by atoms with Crippen molar-refractivity contribution in [2.75, 3.05) is 0 Å². The number of hydrogen-bond donors (Lipinski definition) is 0. The van der Waals surface area contributed by atoms with E-state index in [2.05, 4.69) is 0 Å².